The minimum Gasteiger partial charge on any atom is -0.496 e. The summed E-state index contributed by atoms with van der Waals surface area (Å²) in [5.74, 6) is 0.175. The van der Waals surface area contributed by atoms with E-state index in [1.807, 2.05) is 30.3 Å². The van der Waals surface area contributed by atoms with Crippen molar-refractivity contribution in [3.05, 3.63) is 59.7 Å². The van der Waals surface area contributed by atoms with Crippen LogP contribution in [0.2, 0.25) is 0 Å². The van der Waals surface area contributed by atoms with Crippen LogP contribution >= 0.6 is 0 Å². The van der Waals surface area contributed by atoms with Crippen LogP contribution in [-0.2, 0) is 11.2 Å². The van der Waals surface area contributed by atoms with Crippen molar-refractivity contribution in [2.75, 3.05) is 38.6 Å². The second-order valence-corrected chi connectivity index (χ2v) is 6.73. The Hall–Kier alpha value is -2.86. The quantitative estimate of drug-likeness (QED) is 0.610. The van der Waals surface area contributed by atoms with E-state index in [4.69, 9.17) is 4.74 Å². The molecule has 156 valence electrons. The molecule has 2 aromatic rings. The Kier molecular flexibility index (Phi) is 9.18. The van der Waals surface area contributed by atoms with Gasteiger partial charge < -0.3 is 20.3 Å². The van der Waals surface area contributed by atoms with Crippen molar-refractivity contribution in [2.24, 2.45) is 0 Å². The molecule has 0 heterocycles. The lowest BCUT2D eigenvalue weighted by molar-refractivity contribution is -0.116. The summed E-state index contributed by atoms with van der Waals surface area (Å²) in [6, 6.07) is 15.0. The molecule has 0 aliphatic rings. The lowest BCUT2D eigenvalue weighted by Gasteiger charge is -2.18. The van der Waals surface area contributed by atoms with E-state index in [0.29, 0.717) is 36.4 Å². The molecule has 0 aliphatic heterocycles. The highest BCUT2D eigenvalue weighted by Gasteiger charge is 2.14. The number of ether oxygens (including phenoxy) is 1. The normalized spacial score (nSPS) is 10.6. The fourth-order valence-electron chi connectivity index (χ4n) is 3.05. The van der Waals surface area contributed by atoms with Crippen LogP contribution in [0.15, 0.2) is 48.5 Å². The molecule has 0 saturated carbocycles. The van der Waals surface area contributed by atoms with E-state index in [9.17, 15) is 9.59 Å². The molecule has 0 unspecified atom stereocenters. The minimum absolute atomic E-state index is 0.0765. The van der Waals surface area contributed by atoms with Crippen molar-refractivity contribution in [3.8, 4) is 5.75 Å². The Morgan fingerprint density at radius 2 is 1.76 bits per heavy atom. The molecule has 0 aromatic heterocycles. The molecular formula is C23H31N3O3. The van der Waals surface area contributed by atoms with Crippen molar-refractivity contribution >= 4 is 17.5 Å². The van der Waals surface area contributed by atoms with E-state index < -0.39 is 0 Å². The molecule has 6 heteroatoms. The maximum Gasteiger partial charge on any atom is 0.255 e. The zero-order valence-corrected chi connectivity index (χ0v) is 17.5. The highest BCUT2D eigenvalue weighted by atomic mass is 16.5. The van der Waals surface area contributed by atoms with E-state index in [1.165, 1.54) is 7.11 Å². The van der Waals surface area contributed by atoms with Crippen LogP contribution in [0.4, 0.5) is 5.69 Å². The van der Waals surface area contributed by atoms with Gasteiger partial charge in [-0.2, -0.15) is 0 Å². The Morgan fingerprint density at radius 1 is 1.03 bits per heavy atom. The number of hydrogen-bond acceptors (Lipinski definition) is 4. The first-order chi connectivity index (χ1) is 14.1. The van der Waals surface area contributed by atoms with Gasteiger partial charge in [-0.15, -0.1) is 0 Å². The fraction of sp³-hybridized carbons (Fsp3) is 0.391. The summed E-state index contributed by atoms with van der Waals surface area (Å²) in [5.41, 5.74) is 2.19. The Labute approximate surface area is 173 Å². The first kappa shape index (κ1) is 22.4. The average Bonchev–Trinajstić information content (AvgIpc) is 2.75. The summed E-state index contributed by atoms with van der Waals surface area (Å²) in [4.78, 5) is 27.0. The van der Waals surface area contributed by atoms with Crippen molar-refractivity contribution < 1.29 is 14.3 Å². The number of hydrogen-bond donors (Lipinski definition) is 2. The van der Waals surface area contributed by atoms with E-state index in [2.05, 4.69) is 29.4 Å². The molecule has 0 atom stereocenters. The van der Waals surface area contributed by atoms with Gasteiger partial charge in [-0.1, -0.05) is 44.2 Å². The first-order valence-corrected chi connectivity index (χ1v) is 10.1. The number of likely N-dealkylation sites (N-methyl/N-ethyl adjacent to an activating group) is 1. The van der Waals surface area contributed by atoms with Gasteiger partial charge in [-0.25, -0.2) is 0 Å². The van der Waals surface area contributed by atoms with Crippen molar-refractivity contribution in [1.82, 2.24) is 10.2 Å². The first-order valence-electron chi connectivity index (χ1n) is 10.1. The molecule has 0 saturated heterocycles. The molecular weight excluding hydrogens is 366 g/mol. The average molecular weight is 398 g/mol. The number of methoxy groups -OCH3 is 1. The number of carbonyl (C=O) groups excluding carboxylic acids is 2. The maximum atomic E-state index is 12.5. The fourth-order valence-corrected chi connectivity index (χ4v) is 3.05. The summed E-state index contributed by atoms with van der Waals surface area (Å²) in [5, 5.41) is 5.79. The monoisotopic (exact) mass is 397 g/mol. The van der Waals surface area contributed by atoms with Crippen LogP contribution in [0, 0.1) is 0 Å². The molecule has 2 aromatic carbocycles. The second-order valence-electron chi connectivity index (χ2n) is 6.73. The van der Waals surface area contributed by atoms with Crippen molar-refractivity contribution in [1.29, 1.82) is 0 Å². The minimum atomic E-state index is -0.184. The topological polar surface area (TPSA) is 70.7 Å². The summed E-state index contributed by atoms with van der Waals surface area (Å²) >= 11 is 0. The van der Waals surface area contributed by atoms with E-state index in [1.54, 1.807) is 18.2 Å². The standard InChI is InChI=1S/C23H31N3O3/c1-4-26(5-2)16-15-24-23(28)20-13-12-19(17-21(20)29-3)25-22(27)14-11-18-9-7-6-8-10-18/h6-10,12-13,17H,4-5,11,14-16H2,1-3H3,(H,24,28)(H,25,27). The zero-order valence-electron chi connectivity index (χ0n) is 17.5. The number of amides is 2. The Morgan fingerprint density at radius 3 is 2.41 bits per heavy atom. The van der Waals surface area contributed by atoms with E-state index in [-0.39, 0.29) is 11.8 Å². The highest BCUT2D eigenvalue weighted by Crippen LogP contribution is 2.23. The molecule has 29 heavy (non-hydrogen) atoms. The molecule has 2 N–H and O–H groups in total. The third-order valence-electron chi connectivity index (χ3n) is 4.82. The smallest absolute Gasteiger partial charge is 0.255 e. The van der Waals surface area contributed by atoms with Crippen LogP contribution in [0.5, 0.6) is 5.75 Å². The van der Waals surface area contributed by atoms with Gasteiger partial charge in [-0.3, -0.25) is 9.59 Å². The zero-order chi connectivity index (χ0) is 21.1. The van der Waals surface area contributed by atoms with Gasteiger partial charge in [0.2, 0.25) is 5.91 Å². The maximum absolute atomic E-state index is 12.5. The van der Waals surface area contributed by atoms with Gasteiger partial charge in [0.05, 0.1) is 12.7 Å². The molecule has 0 fully saturated rings. The summed E-state index contributed by atoms with van der Waals surface area (Å²) in [6.45, 7) is 7.48. The van der Waals surface area contributed by atoms with Crippen molar-refractivity contribution in [3.63, 3.8) is 0 Å². The molecule has 6 nitrogen and oxygen atoms in total. The van der Waals surface area contributed by atoms with E-state index >= 15 is 0 Å². The number of nitrogens with zero attached hydrogens (tertiary/aromatic N) is 1. The van der Waals surface area contributed by atoms with Crippen LogP contribution in [0.3, 0.4) is 0 Å². The van der Waals surface area contributed by atoms with Gasteiger partial charge in [0.1, 0.15) is 5.75 Å². The Balaban J connectivity index is 1.91. The van der Waals surface area contributed by atoms with E-state index in [0.717, 1.165) is 25.2 Å². The number of nitrogens with one attached hydrogen (secondary N) is 2. The van der Waals surface area contributed by atoms with Gasteiger partial charge >= 0.3 is 0 Å². The Bertz CT molecular complexity index is 789. The lowest BCUT2D eigenvalue weighted by atomic mass is 10.1. The van der Waals surface area contributed by atoms with Gasteiger partial charge in [0, 0.05) is 31.3 Å². The summed E-state index contributed by atoms with van der Waals surface area (Å²) in [7, 11) is 1.52. The molecule has 2 amide bonds. The third-order valence-corrected chi connectivity index (χ3v) is 4.82. The molecule has 0 radical (unpaired) electrons. The largest absolute Gasteiger partial charge is 0.496 e. The second kappa shape index (κ2) is 11.9. The third kappa shape index (κ3) is 7.23. The van der Waals surface area contributed by atoms with Crippen LogP contribution in [-0.4, -0.2) is 50.0 Å². The SMILES string of the molecule is CCN(CC)CCNC(=O)c1ccc(NC(=O)CCc2ccccc2)cc1OC. The number of carbonyl (C=O) groups is 2. The number of rotatable bonds is 11. The molecule has 0 aliphatic carbocycles. The molecule has 0 bridgehead atoms. The van der Waals surface area contributed by atoms with Crippen LogP contribution in [0.25, 0.3) is 0 Å². The van der Waals surface area contributed by atoms with Crippen molar-refractivity contribution in [2.45, 2.75) is 26.7 Å². The van der Waals surface area contributed by atoms with Gasteiger partial charge in [0.15, 0.2) is 0 Å². The highest BCUT2D eigenvalue weighted by molar-refractivity contribution is 5.98. The summed E-state index contributed by atoms with van der Waals surface area (Å²) < 4.78 is 5.37. The number of benzene rings is 2. The number of anilines is 1. The van der Waals surface area contributed by atoms with Gasteiger partial charge in [-0.05, 0) is 37.2 Å². The van der Waals surface area contributed by atoms with Crippen LogP contribution in [0.1, 0.15) is 36.2 Å². The molecule has 2 rings (SSSR count). The predicted molar refractivity (Wildman–Crippen MR) is 117 cm³/mol. The predicted octanol–water partition coefficient (Wildman–Crippen LogP) is 3.34. The van der Waals surface area contributed by atoms with Crippen LogP contribution < -0.4 is 15.4 Å². The van der Waals surface area contributed by atoms with Gasteiger partial charge in [0.25, 0.3) is 5.91 Å². The lowest BCUT2D eigenvalue weighted by Crippen LogP contribution is -2.34. The molecule has 0 spiro atoms. The number of aryl methyl sites for hydroxylation is 1. The summed E-state index contributed by atoms with van der Waals surface area (Å²) in [6.07, 6.45) is 1.07.